The Hall–Kier alpha value is -2.27. The molecule has 0 saturated heterocycles. The Kier molecular flexibility index (Phi) is 6.53. The molecule has 0 heterocycles. The predicted molar refractivity (Wildman–Crippen MR) is 98.3 cm³/mol. The van der Waals surface area contributed by atoms with E-state index in [1.54, 1.807) is 0 Å². The summed E-state index contributed by atoms with van der Waals surface area (Å²) in [5, 5.41) is 0. The highest BCUT2D eigenvalue weighted by Gasteiger charge is 2.80. The fourth-order valence-corrected chi connectivity index (χ4v) is 5.78. The third-order valence-electron chi connectivity index (χ3n) is 6.70. The van der Waals surface area contributed by atoms with Crippen LogP contribution in [-0.2, 0) is 28.6 Å². The predicted octanol–water partition coefficient (Wildman–Crippen LogP) is 4.27. The first-order chi connectivity index (χ1) is 15.1. The van der Waals surface area contributed by atoms with E-state index in [0.717, 1.165) is 26.2 Å². The average Bonchev–Trinajstić information content (AvgIpc) is 2.65. The van der Waals surface area contributed by atoms with Crippen LogP contribution in [0.1, 0.15) is 45.4 Å². The van der Waals surface area contributed by atoms with Crippen molar-refractivity contribution < 1.29 is 54.9 Å². The van der Waals surface area contributed by atoms with Crippen molar-refractivity contribution in [1.82, 2.24) is 0 Å². The molecule has 0 radical (unpaired) electrons. The van der Waals surface area contributed by atoms with E-state index in [1.165, 1.54) is 0 Å². The zero-order valence-electron chi connectivity index (χ0n) is 17.8. The molecule has 0 N–H and O–H groups in total. The largest absolute Gasteiger partial charge is 0.462 e. The van der Waals surface area contributed by atoms with Gasteiger partial charge in [-0.2, -0.15) is 26.3 Å². The lowest BCUT2D eigenvalue weighted by Gasteiger charge is -2.56. The molecule has 4 fully saturated rings. The first-order valence-electron chi connectivity index (χ1n) is 10.4. The molecule has 4 bridgehead atoms. The van der Waals surface area contributed by atoms with Gasteiger partial charge in [0.15, 0.2) is 6.61 Å². The van der Waals surface area contributed by atoms with E-state index in [0.29, 0.717) is 37.0 Å². The van der Waals surface area contributed by atoms with Crippen molar-refractivity contribution in [2.45, 2.75) is 63.4 Å². The molecular weight excluding hydrogens is 462 g/mol. The van der Waals surface area contributed by atoms with Crippen molar-refractivity contribution >= 4 is 17.9 Å². The summed E-state index contributed by atoms with van der Waals surface area (Å²) in [5.74, 6) is -5.29. The lowest BCUT2D eigenvalue weighted by Crippen LogP contribution is -2.66. The number of carbonyl (C=O) groups excluding carboxylic acids is 3. The molecule has 186 valence electrons. The topological polar surface area (TPSA) is 78.9 Å². The summed E-state index contributed by atoms with van der Waals surface area (Å²) in [6, 6.07) is 0. The van der Waals surface area contributed by atoms with Crippen molar-refractivity contribution in [3.8, 4) is 0 Å². The normalized spacial score (nSPS) is 28.9. The van der Waals surface area contributed by atoms with Gasteiger partial charge in [-0.3, -0.25) is 0 Å². The molecule has 4 aliphatic carbocycles. The van der Waals surface area contributed by atoms with Crippen LogP contribution < -0.4 is 0 Å². The molecule has 4 saturated carbocycles. The number of halogens is 6. The van der Waals surface area contributed by atoms with Gasteiger partial charge in [-0.15, -0.1) is 0 Å². The van der Waals surface area contributed by atoms with Gasteiger partial charge in [-0.1, -0.05) is 6.58 Å². The van der Waals surface area contributed by atoms with Gasteiger partial charge in [0.05, 0.1) is 6.61 Å². The Balaban J connectivity index is 1.78. The van der Waals surface area contributed by atoms with Crippen molar-refractivity contribution in [3.05, 3.63) is 12.2 Å². The molecule has 0 atom stereocenters. The van der Waals surface area contributed by atoms with Crippen LogP contribution in [0.4, 0.5) is 26.3 Å². The smallest absolute Gasteiger partial charge is 0.449 e. The van der Waals surface area contributed by atoms with Gasteiger partial charge in [0.25, 0.3) is 0 Å². The SMILES string of the molecule is C=C(C)C(=O)OCC(=O)OC(C(=O)OCC12CC3CC(CC(C3)C1)C2)(C(F)(F)F)C(F)(F)F. The number of hydrogen-bond donors (Lipinski definition) is 0. The van der Waals surface area contributed by atoms with E-state index in [-0.39, 0.29) is 5.57 Å². The molecule has 6 nitrogen and oxygen atoms in total. The molecule has 12 heteroatoms. The highest BCUT2D eigenvalue weighted by atomic mass is 19.4. The van der Waals surface area contributed by atoms with E-state index >= 15 is 0 Å². The molecule has 0 aromatic carbocycles. The van der Waals surface area contributed by atoms with Gasteiger partial charge >= 0.3 is 35.9 Å². The van der Waals surface area contributed by atoms with Crippen molar-refractivity contribution in [1.29, 1.82) is 0 Å². The highest BCUT2D eigenvalue weighted by molar-refractivity contribution is 5.89. The van der Waals surface area contributed by atoms with Crippen LogP contribution in [0, 0.1) is 23.2 Å². The Morgan fingerprint density at radius 3 is 1.73 bits per heavy atom. The third kappa shape index (κ3) is 4.84. The fourth-order valence-electron chi connectivity index (χ4n) is 5.78. The van der Waals surface area contributed by atoms with E-state index in [2.05, 4.69) is 20.8 Å². The zero-order valence-corrected chi connectivity index (χ0v) is 17.8. The summed E-state index contributed by atoms with van der Waals surface area (Å²) < 4.78 is 94.6. The van der Waals surface area contributed by atoms with E-state index in [1.807, 2.05) is 0 Å². The summed E-state index contributed by atoms with van der Waals surface area (Å²) in [6.07, 6.45) is -8.18. The van der Waals surface area contributed by atoms with E-state index in [4.69, 9.17) is 0 Å². The zero-order chi connectivity index (χ0) is 24.8. The Bertz CT molecular complexity index is 781. The second-order valence-corrected chi connectivity index (χ2v) is 9.50. The van der Waals surface area contributed by atoms with Gasteiger partial charge in [-0.05, 0) is 63.2 Å². The van der Waals surface area contributed by atoms with Crippen LogP contribution in [0.5, 0.6) is 0 Å². The molecule has 0 spiro atoms. The lowest BCUT2D eigenvalue weighted by atomic mass is 9.50. The Labute approximate surface area is 185 Å². The van der Waals surface area contributed by atoms with Gasteiger partial charge in [0.2, 0.25) is 0 Å². The van der Waals surface area contributed by atoms with Crippen LogP contribution in [0.15, 0.2) is 12.2 Å². The molecule has 0 aromatic heterocycles. The van der Waals surface area contributed by atoms with Gasteiger partial charge in [0.1, 0.15) is 0 Å². The van der Waals surface area contributed by atoms with E-state index < -0.39 is 54.5 Å². The third-order valence-corrected chi connectivity index (χ3v) is 6.70. The minimum atomic E-state index is -6.38. The summed E-state index contributed by atoms with van der Waals surface area (Å²) in [5.41, 5.74) is -6.47. The quantitative estimate of drug-likeness (QED) is 0.232. The average molecular weight is 486 g/mol. The number of esters is 3. The maximum absolute atomic E-state index is 13.7. The number of carbonyl (C=O) groups is 3. The van der Waals surface area contributed by atoms with Crippen molar-refractivity contribution in [2.24, 2.45) is 23.2 Å². The fraction of sp³-hybridized carbons (Fsp3) is 0.762. The van der Waals surface area contributed by atoms with Crippen LogP contribution >= 0.6 is 0 Å². The molecule has 4 rings (SSSR count). The molecular formula is C21H24F6O6. The van der Waals surface area contributed by atoms with E-state index in [9.17, 15) is 40.7 Å². The number of hydrogen-bond acceptors (Lipinski definition) is 6. The van der Waals surface area contributed by atoms with Gasteiger partial charge in [0, 0.05) is 11.0 Å². The Morgan fingerprint density at radius 1 is 0.879 bits per heavy atom. The lowest BCUT2D eigenvalue weighted by molar-refractivity contribution is -0.360. The standard InChI is InChI=1S/C21H24F6O6/c1-11(2)16(29)31-9-15(28)33-19(20(22,23)24,21(25,26)27)17(30)32-10-18-6-12-3-13(7-18)5-14(4-12)8-18/h12-14H,1,3-10H2,2H3. The first-order valence-corrected chi connectivity index (χ1v) is 10.4. The minimum Gasteiger partial charge on any atom is -0.462 e. The van der Waals surface area contributed by atoms with Gasteiger partial charge in [-0.25, -0.2) is 14.4 Å². The van der Waals surface area contributed by atoms with Crippen LogP contribution in [0.3, 0.4) is 0 Å². The highest BCUT2D eigenvalue weighted by Crippen LogP contribution is 2.60. The van der Waals surface area contributed by atoms with Crippen molar-refractivity contribution in [3.63, 3.8) is 0 Å². The molecule has 4 aliphatic rings. The van der Waals surface area contributed by atoms with Crippen LogP contribution in [-0.4, -0.2) is 49.1 Å². The summed E-state index contributed by atoms with van der Waals surface area (Å²) in [7, 11) is 0. The Morgan fingerprint density at radius 2 is 1.33 bits per heavy atom. The number of rotatable bonds is 7. The maximum Gasteiger partial charge on any atom is 0.449 e. The summed E-state index contributed by atoms with van der Waals surface area (Å²) >= 11 is 0. The number of ether oxygens (including phenoxy) is 3. The molecule has 0 unspecified atom stereocenters. The molecule has 0 aromatic rings. The van der Waals surface area contributed by atoms with Crippen LogP contribution in [0.25, 0.3) is 0 Å². The molecule has 33 heavy (non-hydrogen) atoms. The van der Waals surface area contributed by atoms with Crippen LogP contribution in [0.2, 0.25) is 0 Å². The second-order valence-electron chi connectivity index (χ2n) is 9.50. The first kappa shape index (κ1) is 25.4. The summed E-state index contributed by atoms with van der Waals surface area (Å²) in [4.78, 5) is 35.4. The summed E-state index contributed by atoms with van der Waals surface area (Å²) in [6.45, 7) is 2.10. The second kappa shape index (κ2) is 8.50. The minimum absolute atomic E-state index is 0.254. The molecule has 0 aliphatic heterocycles. The number of alkyl halides is 6. The van der Waals surface area contributed by atoms with Crippen molar-refractivity contribution in [2.75, 3.05) is 13.2 Å². The monoisotopic (exact) mass is 486 g/mol. The molecule has 0 amide bonds. The maximum atomic E-state index is 13.7. The van der Waals surface area contributed by atoms with Gasteiger partial charge < -0.3 is 14.2 Å².